The Balaban J connectivity index is 2.34. The van der Waals surface area contributed by atoms with Crippen LogP contribution < -0.4 is 4.74 Å². The Morgan fingerprint density at radius 2 is 2.20 bits per heavy atom. The van der Waals surface area contributed by atoms with E-state index in [4.69, 9.17) is 9.47 Å². The lowest BCUT2D eigenvalue weighted by atomic mass is 9.86. The van der Waals surface area contributed by atoms with E-state index in [9.17, 15) is 5.11 Å². The fourth-order valence-corrected chi connectivity index (χ4v) is 1.94. The molecule has 0 bridgehead atoms. The maximum atomic E-state index is 10.5. The lowest BCUT2D eigenvalue weighted by Crippen LogP contribution is -2.33. The first kappa shape index (κ1) is 10.5. The van der Waals surface area contributed by atoms with Crippen LogP contribution >= 0.6 is 0 Å². The van der Waals surface area contributed by atoms with E-state index in [1.807, 2.05) is 6.07 Å². The van der Waals surface area contributed by atoms with Crippen LogP contribution in [0.4, 0.5) is 0 Å². The number of hydrogen-bond donors (Lipinski definition) is 1. The van der Waals surface area contributed by atoms with Gasteiger partial charge in [0, 0.05) is 31.6 Å². The molecule has 0 aliphatic carbocycles. The van der Waals surface area contributed by atoms with Gasteiger partial charge in [-0.3, -0.25) is 0 Å². The smallest absolute Gasteiger partial charge is 0.124 e. The van der Waals surface area contributed by atoms with Gasteiger partial charge in [-0.05, 0) is 18.2 Å². The van der Waals surface area contributed by atoms with E-state index in [-0.39, 0.29) is 0 Å². The Kier molecular flexibility index (Phi) is 2.93. The molecule has 81 valence electrons. The molecule has 1 radical (unpaired) electrons. The van der Waals surface area contributed by atoms with Crippen LogP contribution in [-0.4, -0.2) is 25.4 Å². The van der Waals surface area contributed by atoms with Gasteiger partial charge in [0.2, 0.25) is 0 Å². The second-order valence-electron chi connectivity index (χ2n) is 3.77. The van der Waals surface area contributed by atoms with Gasteiger partial charge in [-0.1, -0.05) is 6.07 Å². The van der Waals surface area contributed by atoms with Crippen LogP contribution in [-0.2, 0) is 10.3 Å². The van der Waals surface area contributed by atoms with Crippen molar-refractivity contribution < 1.29 is 14.6 Å². The van der Waals surface area contributed by atoms with Gasteiger partial charge in [-0.2, -0.15) is 0 Å². The summed E-state index contributed by atoms with van der Waals surface area (Å²) in [6.07, 6.45) is 1.22. The van der Waals surface area contributed by atoms with Crippen LogP contribution in [0.3, 0.4) is 0 Å². The van der Waals surface area contributed by atoms with Gasteiger partial charge in [0.25, 0.3) is 0 Å². The van der Waals surface area contributed by atoms with Gasteiger partial charge in [-0.15, -0.1) is 0 Å². The molecule has 15 heavy (non-hydrogen) atoms. The molecule has 1 heterocycles. The van der Waals surface area contributed by atoms with E-state index in [1.165, 1.54) is 0 Å². The number of hydrogen-bond acceptors (Lipinski definition) is 3. The lowest BCUT2D eigenvalue weighted by molar-refractivity contribution is -0.0689. The van der Waals surface area contributed by atoms with Crippen molar-refractivity contribution in [2.45, 2.75) is 18.4 Å². The summed E-state index contributed by atoms with van der Waals surface area (Å²) in [5.41, 5.74) is -0.00255. The Bertz CT molecular complexity index is 329. The van der Waals surface area contributed by atoms with Crippen LogP contribution in [0.1, 0.15) is 18.4 Å². The summed E-state index contributed by atoms with van der Waals surface area (Å²) >= 11 is 0. The van der Waals surface area contributed by atoms with Crippen LogP contribution in [0.5, 0.6) is 5.75 Å². The molecule has 1 N–H and O–H groups in total. The molecular weight excluding hydrogens is 192 g/mol. The first-order valence-corrected chi connectivity index (χ1v) is 5.11. The lowest BCUT2D eigenvalue weighted by Gasteiger charge is -2.33. The predicted octanol–water partition coefficient (Wildman–Crippen LogP) is 1.49. The van der Waals surface area contributed by atoms with Crippen molar-refractivity contribution in [1.82, 2.24) is 0 Å². The molecule has 1 aromatic rings. The van der Waals surface area contributed by atoms with Crippen LogP contribution in [0.25, 0.3) is 0 Å². The number of methoxy groups -OCH3 is 1. The second-order valence-corrected chi connectivity index (χ2v) is 3.77. The number of ether oxygens (including phenoxy) is 2. The van der Waals surface area contributed by atoms with Crippen molar-refractivity contribution in [3.8, 4) is 5.75 Å². The fraction of sp³-hybridized carbons (Fsp3) is 0.500. The Morgan fingerprint density at radius 3 is 2.87 bits per heavy atom. The van der Waals surface area contributed by atoms with Gasteiger partial charge >= 0.3 is 0 Å². The molecule has 0 atom stereocenters. The normalized spacial score (nSPS) is 19.9. The van der Waals surface area contributed by atoms with Gasteiger partial charge in [0.1, 0.15) is 5.75 Å². The van der Waals surface area contributed by atoms with Crippen LogP contribution in [0.15, 0.2) is 18.2 Å². The van der Waals surface area contributed by atoms with Crippen molar-refractivity contribution in [3.63, 3.8) is 0 Å². The van der Waals surface area contributed by atoms with Crippen molar-refractivity contribution in [1.29, 1.82) is 0 Å². The van der Waals surface area contributed by atoms with Gasteiger partial charge in [-0.25, -0.2) is 0 Å². The number of rotatable bonds is 2. The van der Waals surface area contributed by atoms with Crippen molar-refractivity contribution in [3.05, 3.63) is 29.8 Å². The standard InChI is InChI=1S/C12H15O3/c1-14-11-5-3-2-4-10(11)12(13)6-8-15-9-7-12/h3-5,13H,6-9H2,1H3. The summed E-state index contributed by atoms with van der Waals surface area (Å²) in [5.74, 6) is 0.721. The average Bonchev–Trinajstić information content (AvgIpc) is 2.30. The molecule has 0 saturated carbocycles. The topological polar surface area (TPSA) is 38.7 Å². The highest BCUT2D eigenvalue weighted by atomic mass is 16.5. The largest absolute Gasteiger partial charge is 0.496 e. The van der Waals surface area contributed by atoms with Crippen molar-refractivity contribution in [2.24, 2.45) is 0 Å². The second kappa shape index (κ2) is 4.21. The minimum Gasteiger partial charge on any atom is -0.496 e. The highest BCUT2D eigenvalue weighted by Gasteiger charge is 2.34. The molecule has 1 aliphatic heterocycles. The maximum Gasteiger partial charge on any atom is 0.124 e. The minimum atomic E-state index is -0.818. The molecule has 1 saturated heterocycles. The van der Waals surface area contributed by atoms with Gasteiger partial charge < -0.3 is 14.6 Å². The van der Waals surface area contributed by atoms with E-state index in [0.29, 0.717) is 26.1 Å². The minimum absolute atomic E-state index is 0.592. The molecule has 3 heteroatoms. The third kappa shape index (κ3) is 1.98. The summed E-state index contributed by atoms with van der Waals surface area (Å²) in [6.45, 7) is 1.18. The Morgan fingerprint density at radius 1 is 1.47 bits per heavy atom. The zero-order valence-corrected chi connectivity index (χ0v) is 8.82. The summed E-state index contributed by atoms with van der Waals surface area (Å²) in [6, 6.07) is 8.38. The van der Waals surface area contributed by atoms with Crippen molar-refractivity contribution >= 4 is 0 Å². The van der Waals surface area contributed by atoms with Gasteiger partial charge in [0.15, 0.2) is 0 Å². The summed E-state index contributed by atoms with van der Waals surface area (Å²) < 4.78 is 10.5. The summed E-state index contributed by atoms with van der Waals surface area (Å²) in [7, 11) is 1.61. The van der Waals surface area contributed by atoms with E-state index in [1.54, 1.807) is 19.2 Å². The third-order valence-corrected chi connectivity index (χ3v) is 2.87. The quantitative estimate of drug-likeness (QED) is 0.798. The summed E-state index contributed by atoms with van der Waals surface area (Å²) in [4.78, 5) is 0. The molecule has 1 aliphatic rings. The Hall–Kier alpha value is -1.06. The fourth-order valence-electron chi connectivity index (χ4n) is 1.94. The van der Waals surface area contributed by atoms with Crippen LogP contribution in [0, 0.1) is 6.07 Å². The highest BCUT2D eigenvalue weighted by Crippen LogP contribution is 2.36. The molecule has 0 spiro atoms. The molecule has 0 unspecified atom stereocenters. The van der Waals surface area contributed by atoms with E-state index < -0.39 is 5.60 Å². The van der Waals surface area contributed by atoms with E-state index >= 15 is 0 Å². The predicted molar refractivity (Wildman–Crippen MR) is 55.8 cm³/mol. The maximum absolute atomic E-state index is 10.5. The SMILES string of the molecule is COc1cc[c]cc1C1(O)CCOCC1. The highest BCUT2D eigenvalue weighted by molar-refractivity contribution is 5.37. The Labute approximate surface area is 89.6 Å². The zero-order valence-electron chi connectivity index (χ0n) is 8.82. The zero-order chi connectivity index (χ0) is 10.7. The van der Waals surface area contributed by atoms with Crippen molar-refractivity contribution in [2.75, 3.05) is 20.3 Å². The molecule has 0 amide bonds. The first-order valence-electron chi connectivity index (χ1n) is 5.11. The number of aliphatic hydroxyl groups is 1. The third-order valence-electron chi connectivity index (χ3n) is 2.87. The molecule has 0 aromatic heterocycles. The monoisotopic (exact) mass is 207 g/mol. The summed E-state index contributed by atoms with van der Waals surface area (Å²) in [5, 5.41) is 10.5. The average molecular weight is 207 g/mol. The molecule has 2 rings (SSSR count). The van der Waals surface area contributed by atoms with E-state index in [0.717, 1.165) is 11.3 Å². The van der Waals surface area contributed by atoms with Crippen LogP contribution in [0.2, 0.25) is 0 Å². The molecular formula is C12H15O3. The van der Waals surface area contributed by atoms with E-state index in [2.05, 4.69) is 6.07 Å². The molecule has 1 aromatic carbocycles. The number of benzene rings is 1. The van der Waals surface area contributed by atoms with Gasteiger partial charge in [0.05, 0.1) is 12.7 Å². The molecule has 1 fully saturated rings. The first-order chi connectivity index (χ1) is 7.26. The molecule has 3 nitrogen and oxygen atoms in total.